The normalized spacial score (nSPS) is 24.1. The molecule has 0 spiro atoms. The molecule has 1 aliphatic carbocycles. The van der Waals surface area contributed by atoms with Gasteiger partial charge in [0.25, 0.3) is 0 Å². The van der Waals surface area contributed by atoms with Crippen molar-refractivity contribution in [3.8, 4) is 0 Å². The van der Waals surface area contributed by atoms with Crippen molar-refractivity contribution >= 4 is 24.0 Å². The Balaban J connectivity index is 0.00000264. The minimum atomic E-state index is -0.402. The van der Waals surface area contributed by atoms with Crippen LogP contribution in [0.1, 0.15) is 52.0 Å². The van der Waals surface area contributed by atoms with Crippen molar-refractivity contribution in [2.75, 3.05) is 5.32 Å². The number of carbonyl (C=O) groups is 1. The van der Waals surface area contributed by atoms with Crippen LogP contribution in [0.2, 0.25) is 0 Å². The second-order valence-electron chi connectivity index (χ2n) is 6.85. The van der Waals surface area contributed by atoms with Crippen LogP contribution in [0.3, 0.4) is 0 Å². The standard InChI is InChI=1S/C18H28N2O2.ClH/c1-13(2)22-12-14-7-6-8-15(11-14)20-17(21)16-9-4-5-10-18(16,3)19;/h6-8,11,13,16H,4-5,9-10,12,19H2,1-3H3,(H,20,21);1H. The van der Waals surface area contributed by atoms with Crippen LogP contribution in [-0.2, 0) is 16.1 Å². The van der Waals surface area contributed by atoms with E-state index in [4.69, 9.17) is 10.5 Å². The molecule has 1 aromatic rings. The van der Waals surface area contributed by atoms with E-state index in [2.05, 4.69) is 5.32 Å². The van der Waals surface area contributed by atoms with Gasteiger partial charge in [0.05, 0.1) is 18.6 Å². The van der Waals surface area contributed by atoms with Crippen LogP contribution in [0.15, 0.2) is 24.3 Å². The van der Waals surface area contributed by atoms with Gasteiger partial charge in [-0.1, -0.05) is 25.0 Å². The van der Waals surface area contributed by atoms with Gasteiger partial charge in [-0.25, -0.2) is 0 Å². The Labute approximate surface area is 145 Å². The smallest absolute Gasteiger partial charge is 0.229 e. The summed E-state index contributed by atoms with van der Waals surface area (Å²) in [4.78, 5) is 12.5. The summed E-state index contributed by atoms with van der Waals surface area (Å²) in [5.74, 6) is -0.0801. The average Bonchev–Trinajstić information content (AvgIpc) is 2.45. The summed E-state index contributed by atoms with van der Waals surface area (Å²) in [6, 6.07) is 7.83. The summed E-state index contributed by atoms with van der Waals surface area (Å²) in [6.07, 6.45) is 4.16. The zero-order chi connectivity index (χ0) is 16.2. The molecular weight excluding hydrogens is 312 g/mol. The number of hydrogen-bond acceptors (Lipinski definition) is 3. The van der Waals surface area contributed by atoms with Crippen LogP contribution in [0.4, 0.5) is 5.69 Å². The molecule has 2 unspecified atom stereocenters. The van der Waals surface area contributed by atoms with E-state index in [-0.39, 0.29) is 30.3 Å². The molecule has 0 aliphatic heterocycles. The molecule has 3 N–H and O–H groups in total. The van der Waals surface area contributed by atoms with E-state index in [1.165, 1.54) is 0 Å². The lowest BCUT2D eigenvalue weighted by Gasteiger charge is -2.37. The molecular formula is C18H29ClN2O2. The molecule has 5 heteroatoms. The molecule has 0 saturated heterocycles. The molecule has 0 bridgehead atoms. The fourth-order valence-electron chi connectivity index (χ4n) is 3.02. The number of rotatable bonds is 5. The Morgan fingerprint density at radius 2 is 2.17 bits per heavy atom. The van der Waals surface area contributed by atoms with Crippen molar-refractivity contribution in [2.24, 2.45) is 11.7 Å². The fraction of sp³-hybridized carbons (Fsp3) is 0.611. The molecule has 130 valence electrons. The Morgan fingerprint density at radius 3 is 2.83 bits per heavy atom. The topological polar surface area (TPSA) is 64.3 Å². The molecule has 1 fully saturated rings. The number of benzene rings is 1. The number of carbonyl (C=O) groups excluding carboxylic acids is 1. The van der Waals surface area contributed by atoms with E-state index in [0.717, 1.165) is 36.9 Å². The number of ether oxygens (including phenoxy) is 1. The van der Waals surface area contributed by atoms with Gasteiger partial charge in [0.2, 0.25) is 5.91 Å². The lowest BCUT2D eigenvalue weighted by atomic mass is 9.74. The maximum absolute atomic E-state index is 12.5. The summed E-state index contributed by atoms with van der Waals surface area (Å²) in [6.45, 7) is 6.57. The lowest BCUT2D eigenvalue weighted by molar-refractivity contribution is -0.122. The van der Waals surface area contributed by atoms with Gasteiger partial charge in [0, 0.05) is 11.2 Å². The molecule has 1 aliphatic rings. The van der Waals surface area contributed by atoms with Gasteiger partial charge in [-0.2, -0.15) is 0 Å². The number of nitrogens with one attached hydrogen (secondary N) is 1. The van der Waals surface area contributed by atoms with E-state index in [9.17, 15) is 4.79 Å². The Kier molecular flexibility index (Phi) is 7.52. The number of anilines is 1. The predicted octanol–water partition coefficient (Wildman–Crippen LogP) is 3.88. The van der Waals surface area contributed by atoms with Gasteiger partial charge in [-0.05, 0) is 51.3 Å². The van der Waals surface area contributed by atoms with Crippen LogP contribution >= 0.6 is 12.4 Å². The van der Waals surface area contributed by atoms with Gasteiger partial charge >= 0.3 is 0 Å². The maximum atomic E-state index is 12.5. The van der Waals surface area contributed by atoms with E-state index in [1.54, 1.807) is 0 Å². The highest BCUT2D eigenvalue weighted by Crippen LogP contribution is 2.32. The van der Waals surface area contributed by atoms with Crippen LogP contribution in [0.5, 0.6) is 0 Å². The molecule has 23 heavy (non-hydrogen) atoms. The third-order valence-corrected chi connectivity index (χ3v) is 4.35. The molecule has 4 nitrogen and oxygen atoms in total. The summed E-state index contributed by atoms with van der Waals surface area (Å²) >= 11 is 0. The largest absolute Gasteiger partial charge is 0.374 e. The van der Waals surface area contributed by atoms with E-state index < -0.39 is 5.54 Å². The van der Waals surface area contributed by atoms with E-state index in [1.807, 2.05) is 45.0 Å². The molecule has 1 aromatic carbocycles. The van der Waals surface area contributed by atoms with E-state index in [0.29, 0.717) is 6.61 Å². The first-order valence-electron chi connectivity index (χ1n) is 8.19. The van der Waals surface area contributed by atoms with Crippen molar-refractivity contribution in [1.29, 1.82) is 0 Å². The van der Waals surface area contributed by atoms with Crippen molar-refractivity contribution in [3.63, 3.8) is 0 Å². The molecule has 0 heterocycles. The highest BCUT2D eigenvalue weighted by molar-refractivity contribution is 5.93. The van der Waals surface area contributed by atoms with Gasteiger partial charge in [0.1, 0.15) is 0 Å². The first-order chi connectivity index (χ1) is 10.4. The first-order valence-corrected chi connectivity index (χ1v) is 8.19. The highest BCUT2D eigenvalue weighted by Gasteiger charge is 2.37. The zero-order valence-electron chi connectivity index (χ0n) is 14.3. The summed E-state index contributed by atoms with van der Waals surface area (Å²) in [5.41, 5.74) is 7.78. The van der Waals surface area contributed by atoms with Crippen molar-refractivity contribution in [2.45, 2.75) is 64.7 Å². The fourth-order valence-corrected chi connectivity index (χ4v) is 3.02. The van der Waals surface area contributed by atoms with Crippen molar-refractivity contribution in [3.05, 3.63) is 29.8 Å². The molecule has 2 atom stereocenters. The molecule has 0 radical (unpaired) electrons. The molecule has 0 aromatic heterocycles. The summed E-state index contributed by atoms with van der Waals surface area (Å²) in [5, 5.41) is 3.02. The minimum absolute atomic E-state index is 0. The number of nitrogens with two attached hydrogens (primary N) is 1. The Hall–Kier alpha value is -1.10. The Bertz CT molecular complexity index is 517. The average molecular weight is 341 g/mol. The van der Waals surface area contributed by atoms with E-state index >= 15 is 0 Å². The number of halogens is 1. The van der Waals surface area contributed by atoms with Crippen LogP contribution in [-0.4, -0.2) is 17.6 Å². The maximum Gasteiger partial charge on any atom is 0.229 e. The SMILES string of the molecule is CC(C)OCc1cccc(NC(=O)C2CCCCC2(C)N)c1.Cl. The monoisotopic (exact) mass is 340 g/mol. The lowest BCUT2D eigenvalue weighted by Crippen LogP contribution is -2.51. The van der Waals surface area contributed by atoms with Gasteiger partial charge in [0.15, 0.2) is 0 Å². The minimum Gasteiger partial charge on any atom is -0.374 e. The van der Waals surface area contributed by atoms with Crippen molar-refractivity contribution < 1.29 is 9.53 Å². The first kappa shape index (κ1) is 19.9. The third-order valence-electron chi connectivity index (χ3n) is 4.35. The van der Waals surface area contributed by atoms with Gasteiger partial charge in [-0.15, -0.1) is 12.4 Å². The highest BCUT2D eigenvalue weighted by atomic mass is 35.5. The van der Waals surface area contributed by atoms with Crippen LogP contribution in [0, 0.1) is 5.92 Å². The predicted molar refractivity (Wildman–Crippen MR) is 96.8 cm³/mol. The number of hydrogen-bond donors (Lipinski definition) is 2. The molecule has 2 rings (SSSR count). The second kappa shape index (κ2) is 8.67. The summed E-state index contributed by atoms with van der Waals surface area (Å²) < 4.78 is 5.60. The third kappa shape index (κ3) is 5.79. The molecule has 1 saturated carbocycles. The van der Waals surface area contributed by atoms with Crippen LogP contribution < -0.4 is 11.1 Å². The number of amides is 1. The summed E-state index contributed by atoms with van der Waals surface area (Å²) in [7, 11) is 0. The van der Waals surface area contributed by atoms with Crippen LogP contribution in [0.25, 0.3) is 0 Å². The quantitative estimate of drug-likeness (QED) is 0.854. The zero-order valence-corrected chi connectivity index (χ0v) is 15.1. The van der Waals surface area contributed by atoms with Gasteiger partial charge in [-0.3, -0.25) is 4.79 Å². The van der Waals surface area contributed by atoms with Gasteiger partial charge < -0.3 is 15.8 Å². The molecule has 1 amide bonds. The van der Waals surface area contributed by atoms with Crippen molar-refractivity contribution in [1.82, 2.24) is 0 Å². The second-order valence-corrected chi connectivity index (χ2v) is 6.85. The Morgan fingerprint density at radius 1 is 1.43 bits per heavy atom.